The van der Waals surface area contributed by atoms with Crippen LogP contribution in [-0.2, 0) is 4.79 Å². The number of amides is 1. The highest BCUT2D eigenvalue weighted by molar-refractivity contribution is 7.98. The maximum Gasteiger partial charge on any atom is 0.234 e. The van der Waals surface area contributed by atoms with Gasteiger partial charge in [0.25, 0.3) is 0 Å². The molecule has 2 rings (SSSR count). The molecular formula is C16H22N2O2S. The van der Waals surface area contributed by atoms with Gasteiger partial charge in [0.15, 0.2) is 0 Å². The van der Waals surface area contributed by atoms with Crippen molar-refractivity contribution in [2.75, 3.05) is 13.4 Å². The van der Waals surface area contributed by atoms with Gasteiger partial charge in [-0.2, -0.15) is 0 Å². The van der Waals surface area contributed by atoms with E-state index in [0.29, 0.717) is 6.42 Å². The Bertz CT molecular complexity index is 535. The van der Waals surface area contributed by atoms with Gasteiger partial charge in [0.1, 0.15) is 5.75 Å². The third-order valence-electron chi connectivity index (χ3n) is 3.75. The number of carbonyl (C=O) groups is 1. The standard InChI is InChI=1S/C16H22N2O2S/c1-10-9-15(19)18-17-12(10)8-11(2)16-13(20-3)6-5-7-14(16)21-4/h5-8,10,12,17H,9H2,1-4H3,(H,18,19)/b11-8+. The molecule has 2 unspecified atom stereocenters. The van der Waals surface area contributed by atoms with E-state index in [9.17, 15) is 4.79 Å². The van der Waals surface area contributed by atoms with E-state index in [1.165, 1.54) is 4.90 Å². The van der Waals surface area contributed by atoms with Crippen LogP contribution in [0.15, 0.2) is 29.2 Å². The minimum Gasteiger partial charge on any atom is -0.496 e. The smallest absolute Gasteiger partial charge is 0.234 e. The molecule has 1 aromatic rings. The SMILES string of the molecule is COc1cccc(SC)c1/C(C)=C/C1NNC(=O)CC1C. The fourth-order valence-corrected chi connectivity index (χ4v) is 3.26. The number of methoxy groups -OCH3 is 1. The Morgan fingerprint density at radius 1 is 1.48 bits per heavy atom. The first-order valence-electron chi connectivity index (χ1n) is 7.01. The number of thioether (sulfide) groups is 1. The second-order valence-electron chi connectivity index (χ2n) is 5.29. The maximum atomic E-state index is 11.4. The highest BCUT2D eigenvalue weighted by Crippen LogP contribution is 2.35. The van der Waals surface area contributed by atoms with Crippen LogP contribution in [0.2, 0.25) is 0 Å². The summed E-state index contributed by atoms with van der Waals surface area (Å²) in [5, 5.41) is 0. The van der Waals surface area contributed by atoms with Crippen LogP contribution in [0.4, 0.5) is 0 Å². The van der Waals surface area contributed by atoms with E-state index >= 15 is 0 Å². The summed E-state index contributed by atoms with van der Waals surface area (Å²) in [7, 11) is 1.69. The van der Waals surface area contributed by atoms with Gasteiger partial charge in [0.05, 0.1) is 7.11 Å². The fourth-order valence-electron chi connectivity index (χ4n) is 2.57. The minimum absolute atomic E-state index is 0.0481. The molecule has 1 amide bonds. The summed E-state index contributed by atoms with van der Waals surface area (Å²) in [6, 6.07) is 6.20. The molecule has 4 nitrogen and oxygen atoms in total. The van der Waals surface area contributed by atoms with Gasteiger partial charge in [-0.3, -0.25) is 10.2 Å². The Balaban J connectivity index is 2.33. The van der Waals surface area contributed by atoms with Crippen molar-refractivity contribution in [3.63, 3.8) is 0 Å². The van der Waals surface area contributed by atoms with Crippen LogP contribution in [0.3, 0.4) is 0 Å². The van der Waals surface area contributed by atoms with Gasteiger partial charge in [-0.05, 0) is 36.8 Å². The lowest BCUT2D eigenvalue weighted by Gasteiger charge is -2.28. The summed E-state index contributed by atoms with van der Waals surface area (Å²) < 4.78 is 5.50. The molecule has 2 N–H and O–H groups in total. The Morgan fingerprint density at radius 2 is 2.24 bits per heavy atom. The van der Waals surface area contributed by atoms with Gasteiger partial charge in [-0.25, -0.2) is 5.43 Å². The Morgan fingerprint density at radius 3 is 2.86 bits per heavy atom. The zero-order valence-electron chi connectivity index (χ0n) is 12.9. The molecule has 1 heterocycles. The Hall–Kier alpha value is -1.46. The van der Waals surface area contributed by atoms with Crippen molar-refractivity contribution in [1.82, 2.24) is 10.9 Å². The van der Waals surface area contributed by atoms with Crippen LogP contribution in [-0.4, -0.2) is 25.3 Å². The zero-order valence-corrected chi connectivity index (χ0v) is 13.7. The van der Waals surface area contributed by atoms with Crippen molar-refractivity contribution in [2.45, 2.75) is 31.2 Å². The van der Waals surface area contributed by atoms with Gasteiger partial charge in [-0.1, -0.05) is 19.1 Å². The summed E-state index contributed by atoms with van der Waals surface area (Å²) in [5.74, 6) is 1.19. The number of hydrogen-bond donors (Lipinski definition) is 2. The molecule has 0 spiro atoms. The van der Waals surface area contributed by atoms with Crippen LogP contribution in [0.1, 0.15) is 25.8 Å². The normalized spacial score (nSPS) is 22.9. The van der Waals surface area contributed by atoms with Gasteiger partial charge in [0.2, 0.25) is 5.91 Å². The van der Waals surface area contributed by atoms with E-state index in [1.807, 2.05) is 12.1 Å². The van der Waals surface area contributed by atoms with Crippen LogP contribution in [0.25, 0.3) is 5.57 Å². The molecule has 0 aromatic heterocycles. The molecule has 0 aliphatic carbocycles. The predicted molar refractivity (Wildman–Crippen MR) is 87.3 cm³/mol. The Kier molecular flexibility index (Phi) is 5.31. The molecular weight excluding hydrogens is 284 g/mol. The summed E-state index contributed by atoms with van der Waals surface area (Å²) in [6.45, 7) is 4.17. The maximum absolute atomic E-state index is 11.4. The molecule has 1 aliphatic heterocycles. The topological polar surface area (TPSA) is 50.4 Å². The molecule has 114 valence electrons. The number of carbonyl (C=O) groups excluding carboxylic acids is 1. The number of hydrogen-bond acceptors (Lipinski definition) is 4. The van der Waals surface area contributed by atoms with Crippen molar-refractivity contribution in [3.8, 4) is 5.75 Å². The third kappa shape index (κ3) is 3.60. The minimum atomic E-state index is 0.0481. The van der Waals surface area contributed by atoms with E-state index in [0.717, 1.165) is 16.9 Å². The molecule has 1 aliphatic rings. The first-order chi connectivity index (χ1) is 10.1. The second-order valence-corrected chi connectivity index (χ2v) is 6.13. The molecule has 1 fully saturated rings. The molecule has 0 radical (unpaired) electrons. The number of rotatable bonds is 4. The van der Waals surface area contributed by atoms with E-state index < -0.39 is 0 Å². The lowest BCUT2D eigenvalue weighted by atomic mass is 9.93. The highest BCUT2D eigenvalue weighted by atomic mass is 32.2. The van der Waals surface area contributed by atoms with Crippen LogP contribution in [0.5, 0.6) is 5.75 Å². The third-order valence-corrected chi connectivity index (χ3v) is 4.53. The van der Waals surface area contributed by atoms with Gasteiger partial charge >= 0.3 is 0 Å². The lowest BCUT2D eigenvalue weighted by Crippen LogP contribution is -2.52. The van der Waals surface area contributed by atoms with E-state index in [2.05, 4.69) is 43.1 Å². The van der Waals surface area contributed by atoms with Crippen molar-refractivity contribution in [2.24, 2.45) is 5.92 Å². The van der Waals surface area contributed by atoms with Crippen molar-refractivity contribution >= 4 is 23.2 Å². The largest absolute Gasteiger partial charge is 0.496 e. The zero-order chi connectivity index (χ0) is 15.4. The fraction of sp³-hybridized carbons (Fsp3) is 0.438. The van der Waals surface area contributed by atoms with E-state index in [4.69, 9.17) is 4.74 Å². The highest BCUT2D eigenvalue weighted by Gasteiger charge is 2.24. The van der Waals surface area contributed by atoms with Crippen molar-refractivity contribution in [3.05, 3.63) is 29.8 Å². The molecule has 0 bridgehead atoms. The lowest BCUT2D eigenvalue weighted by molar-refractivity contribution is -0.125. The molecule has 1 saturated heterocycles. The van der Waals surface area contributed by atoms with Gasteiger partial charge in [0, 0.05) is 22.9 Å². The number of hydrazine groups is 1. The van der Waals surface area contributed by atoms with Gasteiger partial charge in [-0.15, -0.1) is 11.8 Å². The molecule has 2 atom stereocenters. The number of benzene rings is 1. The number of nitrogens with one attached hydrogen (secondary N) is 2. The molecule has 1 aromatic carbocycles. The summed E-state index contributed by atoms with van der Waals surface area (Å²) >= 11 is 1.71. The molecule has 5 heteroatoms. The average Bonchev–Trinajstić information content (AvgIpc) is 2.49. The van der Waals surface area contributed by atoms with Crippen LogP contribution < -0.4 is 15.6 Å². The number of allylic oxidation sites excluding steroid dienone is 1. The summed E-state index contributed by atoms with van der Waals surface area (Å²) in [6.07, 6.45) is 4.78. The Labute approximate surface area is 130 Å². The summed E-state index contributed by atoms with van der Waals surface area (Å²) in [5.41, 5.74) is 8.05. The van der Waals surface area contributed by atoms with E-state index in [-0.39, 0.29) is 17.9 Å². The van der Waals surface area contributed by atoms with Crippen molar-refractivity contribution in [1.29, 1.82) is 0 Å². The quantitative estimate of drug-likeness (QED) is 0.840. The van der Waals surface area contributed by atoms with Crippen molar-refractivity contribution < 1.29 is 9.53 Å². The average molecular weight is 306 g/mol. The first kappa shape index (κ1) is 15.9. The van der Waals surface area contributed by atoms with Crippen LogP contribution >= 0.6 is 11.8 Å². The number of ether oxygens (including phenoxy) is 1. The van der Waals surface area contributed by atoms with Gasteiger partial charge < -0.3 is 4.74 Å². The van der Waals surface area contributed by atoms with Crippen LogP contribution in [0, 0.1) is 5.92 Å². The predicted octanol–water partition coefficient (Wildman–Crippen LogP) is 2.85. The summed E-state index contributed by atoms with van der Waals surface area (Å²) in [4.78, 5) is 12.5. The first-order valence-corrected chi connectivity index (χ1v) is 8.23. The second kappa shape index (κ2) is 7.00. The van der Waals surface area contributed by atoms with E-state index in [1.54, 1.807) is 18.9 Å². The molecule has 0 saturated carbocycles. The monoisotopic (exact) mass is 306 g/mol. The molecule has 21 heavy (non-hydrogen) atoms.